The summed E-state index contributed by atoms with van der Waals surface area (Å²) < 4.78 is 2.69. The molecular weight excluding hydrogens is 585 g/mol. The van der Waals surface area contributed by atoms with Crippen molar-refractivity contribution in [3.63, 3.8) is 0 Å². The Morgan fingerprint density at radius 2 is 0.702 bits per heavy atom. The van der Waals surface area contributed by atoms with Crippen LogP contribution in [0.1, 0.15) is 0 Å². The normalized spacial score (nSPS) is 11.8. The maximum absolute atomic E-state index is 2.38. The van der Waals surface area contributed by atoms with E-state index in [1.165, 1.54) is 96.6 Å². The Morgan fingerprint density at radius 1 is 0.255 bits per heavy atom. The summed E-state index contributed by atoms with van der Waals surface area (Å²) in [5.74, 6) is 0. The van der Waals surface area contributed by atoms with Crippen LogP contribution in [0.3, 0.4) is 0 Å². The Morgan fingerprint density at radius 3 is 1.34 bits per heavy atom. The molecule has 47 heavy (non-hydrogen) atoms. The first-order valence-electron chi connectivity index (χ1n) is 16.2. The maximum atomic E-state index is 2.38. The summed E-state index contributed by atoms with van der Waals surface area (Å²) in [5.41, 5.74) is 7.60. The molecule has 0 atom stereocenters. The summed E-state index contributed by atoms with van der Waals surface area (Å²) >= 11 is 1.91. The molecule has 0 unspecified atom stereocenters. The lowest BCUT2D eigenvalue weighted by atomic mass is 9.91. The molecule has 1 aromatic heterocycles. The molecule has 0 radical (unpaired) electrons. The molecule has 9 aromatic carbocycles. The van der Waals surface area contributed by atoms with Crippen molar-refractivity contribution in [3.8, 4) is 33.4 Å². The molecule has 1 heteroatoms. The molecule has 0 nitrogen and oxygen atoms in total. The monoisotopic (exact) mass is 612 g/mol. The van der Waals surface area contributed by atoms with Crippen molar-refractivity contribution in [1.82, 2.24) is 0 Å². The quantitative estimate of drug-likeness (QED) is 0.174. The van der Waals surface area contributed by atoms with Gasteiger partial charge in [0.05, 0.1) is 0 Å². The van der Waals surface area contributed by atoms with Gasteiger partial charge in [0.2, 0.25) is 0 Å². The third-order valence-electron chi connectivity index (χ3n) is 9.84. The second-order valence-corrected chi connectivity index (χ2v) is 13.5. The zero-order valence-electron chi connectivity index (χ0n) is 25.6. The SMILES string of the molecule is c1ccc(-c2cccc3c2sc2c(-c4ccc5cc(-c6ccc7c8ccccc8c8ccccc8c7c6)ccc5c4)cccc23)cc1. The summed E-state index contributed by atoms with van der Waals surface area (Å²) in [6.07, 6.45) is 0. The van der Waals surface area contributed by atoms with Crippen molar-refractivity contribution in [3.05, 3.63) is 170 Å². The van der Waals surface area contributed by atoms with Crippen LogP contribution in [-0.2, 0) is 0 Å². The van der Waals surface area contributed by atoms with Gasteiger partial charge in [-0.25, -0.2) is 0 Å². The van der Waals surface area contributed by atoms with Crippen molar-refractivity contribution in [1.29, 1.82) is 0 Å². The van der Waals surface area contributed by atoms with Gasteiger partial charge in [0.15, 0.2) is 0 Å². The number of hydrogen-bond donors (Lipinski definition) is 0. The Bertz CT molecular complexity index is 2800. The Kier molecular flexibility index (Phi) is 5.85. The fourth-order valence-electron chi connectivity index (χ4n) is 7.57. The summed E-state index contributed by atoms with van der Waals surface area (Å²) in [6.45, 7) is 0. The van der Waals surface area contributed by atoms with Crippen molar-refractivity contribution >= 4 is 74.6 Å². The molecule has 0 spiro atoms. The molecule has 0 aliphatic rings. The minimum Gasteiger partial charge on any atom is -0.134 e. The van der Waals surface area contributed by atoms with Crippen LogP contribution in [0.2, 0.25) is 0 Å². The molecule has 0 fully saturated rings. The van der Waals surface area contributed by atoms with Gasteiger partial charge in [0, 0.05) is 20.2 Å². The van der Waals surface area contributed by atoms with E-state index >= 15 is 0 Å². The van der Waals surface area contributed by atoms with Crippen molar-refractivity contribution in [2.24, 2.45) is 0 Å². The Labute approximate surface area is 276 Å². The van der Waals surface area contributed by atoms with Gasteiger partial charge in [-0.3, -0.25) is 0 Å². The number of hydrogen-bond acceptors (Lipinski definition) is 1. The molecule has 0 N–H and O–H groups in total. The highest BCUT2D eigenvalue weighted by molar-refractivity contribution is 7.26. The summed E-state index contributed by atoms with van der Waals surface area (Å²) in [7, 11) is 0. The second-order valence-electron chi connectivity index (χ2n) is 12.5. The van der Waals surface area contributed by atoms with E-state index in [2.05, 4.69) is 170 Å². The molecule has 0 bridgehead atoms. The van der Waals surface area contributed by atoms with Gasteiger partial charge in [0.25, 0.3) is 0 Å². The molecule has 1 heterocycles. The first-order chi connectivity index (χ1) is 23.3. The van der Waals surface area contributed by atoms with E-state index in [0.29, 0.717) is 0 Å². The molecule has 0 amide bonds. The van der Waals surface area contributed by atoms with Gasteiger partial charge < -0.3 is 0 Å². The van der Waals surface area contributed by atoms with E-state index in [9.17, 15) is 0 Å². The summed E-state index contributed by atoms with van der Waals surface area (Å²) in [6, 6.07) is 62.6. The van der Waals surface area contributed by atoms with Crippen LogP contribution in [-0.4, -0.2) is 0 Å². The van der Waals surface area contributed by atoms with E-state index < -0.39 is 0 Å². The van der Waals surface area contributed by atoms with Crippen LogP contribution in [0.25, 0.3) is 96.6 Å². The smallest absolute Gasteiger partial charge is 0.0434 e. The highest BCUT2D eigenvalue weighted by Crippen LogP contribution is 2.44. The van der Waals surface area contributed by atoms with Gasteiger partial charge in [0.1, 0.15) is 0 Å². The average molecular weight is 613 g/mol. The van der Waals surface area contributed by atoms with Gasteiger partial charge in [-0.05, 0) is 94.7 Å². The fraction of sp³-hybridized carbons (Fsp3) is 0. The predicted octanol–water partition coefficient (Wildman–Crippen LogP) is 13.7. The lowest BCUT2D eigenvalue weighted by Gasteiger charge is -2.12. The van der Waals surface area contributed by atoms with E-state index in [4.69, 9.17) is 0 Å². The van der Waals surface area contributed by atoms with Crippen molar-refractivity contribution in [2.45, 2.75) is 0 Å². The average Bonchev–Trinajstić information content (AvgIpc) is 3.54. The zero-order chi connectivity index (χ0) is 30.9. The van der Waals surface area contributed by atoms with Crippen LogP contribution in [0.15, 0.2) is 170 Å². The van der Waals surface area contributed by atoms with Gasteiger partial charge in [-0.15, -0.1) is 11.3 Å². The number of rotatable bonds is 3. The van der Waals surface area contributed by atoms with E-state index in [-0.39, 0.29) is 0 Å². The second kappa shape index (κ2) is 10.4. The number of thiophene rings is 1. The minimum atomic E-state index is 1.24. The molecule has 10 aromatic rings. The topological polar surface area (TPSA) is 0 Å². The Balaban J connectivity index is 1.09. The predicted molar refractivity (Wildman–Crippen MR) is 206 cm³/mol. The van der Waals surface area contributed by atoms with E-state index in [1.54, 1.807) is 0 Å². The molecule has 0 aliphatic heterocycles. The maximum Gasteiger partial charge on any atom is 0.0434 e. The molecule has 10 rings (SSSR count). The number of fused-ring (bicyclic) bond motifs is 10. The molecule has 218 valence electrons. The molecule has 0 saturated carbocycles. The standard InChI is InChI=1S/C46H28S/c1-2-10-29(11-3-1)35-16-8-18-42-43-19-9-17-36(46(43)47-45(35)42)34-23-22-30-26-31(20-21-32(30)27-34)33-24-25-41-39-14-5-4-12-37(39)38-13-6-7-15-40(38)44(41)28-33/h1-28H. The van der Waals surface area contributed by atoms with Gasteiger partial charge in [-0.1, -0.05) is 152 Å². The van der Waals surface area contributed by atoms with Gasteiger partial charge in [-0.2, -0.15) is 0 Å². The molecule has 0 aliphatic carbocycles. The van der Waals surface area contributed by atoms with Crippen LogP contribution in [0.4, 0.5) is 0 Å². The first kappa shape index (κ1) is 26.5. The third-order valence-corrected chi connectivity index (χ3v) is 11.1. The van der Waals surface area contributed by atoms with Crippen molar-refractivity contribution < 1.29 is 0 Å². The first-order valence-corrected chi connectivity index (χ1v) is 17.0. The minimum absolute atomic E-state index is 1.24. The van der Waals surface area contributed by atoms with E-state index in [0.717, 1.165) is 0 Å². The lowest BCUT2D eigenvalue weighted by Crippen LogP contribution is -1.85. The van der Waals surface area contributed by atoms with E-state index in [1.807, 2.05) is 11.3 Å². The zero-order valence-corrected chi connectivity index (χ0v) is 26.4. The lowest BCUT2D eigenvalue weighted by molar-refractivity contribution is 1.67. The highest BCUT2D eigenvalue weighted by Gasteiger charge is 2.15. The highest BCUT2D eigenvalue weighted by atomic mass is 32.1. The van der Waals surface area contributed by atoms with Crippen LogP contribution in [0, 0.1) is 0 Å². The molecule has 0 saturated heterocycles. The summed E-state index contributed by atoms with van der Waals surface area (Å²) in [4.78, 5) is 0. The summed E-state index contributed by atoms with van der Waals surface area (Å²) in [5, 5.41) is 13.0. The molecular formula is C46H28S. The van der Waals surface area contributed by atoms with Crippen LogP contribution < -0.4 is 0 Å². The van der Waals surface area contributed by atoms with Crippen LogP contribution >= 0.6 is 11.3 Å². The third kappa shape index (κ3) is 4.14. The fourth-order valence-corrected chi connectivity index (χ4v) is 8.94. The van der Waals surface area contributed by atoms with Gasteiger partial charge >= 0.3 is 0 Å². The number of benzene rings is 9. The van der Waals surface area contributed by atoms with Crippen LogP contribution in [0.5, 0.6) is 0 Å². The largest absolute Gasteiger partial charge is 0.134 e. The van der Waals surface area contributed by atoms with Crippen molar-refractivity contribution in [2.75, 3.05) is 0 Å². The Hall–Kier alpha value is -5.76.